The summed E-state index contributed by atoms with van der Waals surface area (Å²) in [5, 5.41) is 10.7. The van der Waals surface area contributed by atoms with Gasteiger partial charge in [0, 0.05) is 6.54 Å². The Kier molecular flexibility index (Phi) is 4.45. The van der Waals surface area contributed by atoms with Gasteiger partial charge in [-0.25, -0.2) is 0 Å². The smallest absolute Gasteiger partial charge is 0.257 e. The van der Waals surface area contributed by atoms with Crippen LogP contribution in [0.3, 0.4) is 0 Å². The number of thiophene rings is 1. The van der Waals surface area contributed by atoms with Gasteiger partial charge in [-0.1, -0.05) is 36.8 Å². The van der Waals surface area contributed by atoms with Crippen LogP contribution in [0.1, 0.15) is 42.3 Å². The van der Waals surface area contributed by atoms with Crippen molar-refractivity contribution in [1.29, 1.82) is 0 Å². The molecule has 0 saturated carbocycles. The molecule has 0 aliphatic carbocycles. The molecule has 4 rings (SSSR count). The predicted octanol–water partition coefficient (Wildman–Crippen LogP) is 4.83. The molecule has 2 aromatic heterocycles. The molecule has 3 heterocycles. The lowest BCUT2D eigenvalue weighted by Crippen LogP contribution is -2.33. The van der Waals surface area contributed by atoms with Gasteiger partial charge in [-0.2, -0.15) is 0 Å². The number of aryl methyl sites for hydroxylation is 1. The third kappa shape index (κ3) is 3.14. The van der Waals surface area contributed by atoms with Crippen LogP contribution in [0.2, 0.25) is 0 Å². The van der Waals surface area contributed by atoms with Crippen molar-refractivity contribution in [3.8, 4) is 10.8 Å². The van der Waals surface area contributed by atoms with Crippen molar-refractivity contribution in [1.82, 2.24) is 15.1 Å². The maximum absolute atomic E-state index is 6.01. The minimum Gasteiger partial charge on any atom is -0.418 e. The molecule has 4 nitrogen and oxygen atoms in total. The SMILES string of the molecule is Cc1ccccc1CN1CCCC[C@@H]1c1nnc(-c2cccs2)o1. The lowest BCUT2D eigenvalue weighted by Gasteiger charge is -2.33. The Bertz CT molecular complexity index is 797. The zero-order chi connectivity index (χ0) is 16.4. The van der Waals surface area contributed by atoms with Crippen LogP contribution in [-0.2, 0) is 6.54 Å². The summed E-state index contributed by atoms with van der Waals surface area (Å²) in [5.74, 6) is 1.40. The van der Waals surface area contributed by atoms with Gasteiger partial charge in [0.25, 0.3) is 5.89 Å². The van der Waals surface area contributed by atoms with Gasteiger partial charge < -0.3 is 4.42 Å². The van der Waals surface area contributed by atoms with E-state index in [4.69, 9.17) is 4.42 Å². The topological polar surface area (TPSA) is 42.2 Å². The number of nitrogens with zero attached hydrogens (tertiary/aromatic N) is 3. The van der Waals surface area contributed by atoms with Gasteiger partial charge in [0.2, 0.25) is 5.89 Å². The van der Waals surface area contributed by atoms with Crippen LogP contribution >= 0.6 is 11.3 Å². The zero-order valence-corrected chi connectivity index (χ0v) is 14.6. The molecule has 24 heavy (non-hydrogen) atoms. The number of rotatable bonds is 4. The Morgan fingerprint density at radius 1 is 1.17 bits per heavy atom. The molecule has 0 bridgehead atoms. The normalized spacial score (nSPS) is 18.8. The quantitative estimate of drug-likeness (QED) is 0.682. The van der Waals surface area contributed by atoms with Crippen LogP contribution in [0, 0.1) is 6.92 Å². The van der Waals surface area contributed by atoms with Crippen molar-refractivity contribution in [2.45, 2.75) is 38.8 Å². The van der Waals surface area contributed by atoms with E-state index in [0.717, 1.165) is 30.3 Å². The summed E-state index contributed by atoms with van der Waals surface area (Å²) in [6, 6.07) is 12.9. The van der Waals surface area contributed by atoms with E-state index in [2.05, 4.69) is 46.3 Å². The molecule has 1 aromatic carbocycles. The van der Waals surface area contributed by atoms with Gasteiger partial charge in [-0.15, -0.1) is 21.5 Å². The Balaban J connectivity index is 1.57. The summed E-state index contributed by atoms with van der Waals surface area (Å²) >= 11 is 1.63. The average molecular weight is 339 g/mol. The largest absolute Gasteiger partial charge is 0.418 e. The highest BCUT2D eigenvalue weighted by atomic mass is 32.1. The highest BCUT2D eigenvalue weighted by Gasteiger charge is 2.29. The van der Waals surface area contributed by atoms with E-state index < -0.39 is 0 Å². The lowest BCUT2D eigenvalue weighted by atomic mass is 10.00. The molecule has 124 valence electrons. The van der Waals surface area contributed by atoms with Gasteiger partial charge >= 0.3 is 0 Å². The molecule has 0 radical (unpaired) electrons. The summed E-state index contributed by atoms with van der Waals surface area (Å²) in [5.41, 5.74) is 2.72. The molecule has 3 aromatic rings. The monoisotopic (exact) mass is 339 g/mol. The molecule has 1 atom stereocenters. The molecule has 1 saturated heterocycles. The second-order valence-electron chi connectivity index (χ2n) is 6.33. The minimum atomic E-state index is 0.222. The highest BCUT2D eigenvalue weighted by Crippen LogP contribution is 2.33. The van der Waals surface area contributed by atoms with Crippen LogP contribution in [0.5, 0.6) is 0 Å². The summed E-state index contributed by atoms with van der Waals surface area (Å²) in [6.07, 6.45) is 3.53. The lowest BCUT2D eigenvalue weighted by molar-refractivity contribution is 0.118. The van der Waals surface area contributed by atoms with Crippen LogP contribution in [0.25, 0.3) is 10.8 Å². The Hall–Kier alpha value is -1.98. The van der Waals surface area contributed by atoms with Crippen LogP contribution in [-0.4, -0.2) is 21.6 Å². The zero-order valence-electron chi connectivity index (χ0n) is 13.8. The van der Waals surface area contributed by atoms with Crippen molar-refractivity contribution in [3.05, 3.63) is 58.8 Å². The first-order chi connectivity index (χ1) is 11.8. The standard InChI is InChI=1S/C19H21N3OS/c1-14-7-2-3-8-15(14)13-22-11-5-4-9-16(22)18-20-21-19(23-18)17-10-6-12-24-17/h2-3,6-8,10,12,16H,4-5,9,11,13H2,1H3/t16-/m1/s1. The molecule has 5 heteroatoms. The molecule has 0 spiro atoms. The van der Waals surface area contributed by atoms with Gasteiger partial charge in [0.15, 0.2) is 0 Å². The summed E-state index contributed by atoms with van der Waals surface area (Å²) in [7, 11) is 0. The van der Waals surface area contributed by atoms with Gasteiger partial charge in [-0.3, -0.25) is 4.90 Å². The summed E-state index contributed by atoms with van der Waals surface area (Å²) in [4.78, 5) is 3.52. The Morgan fingerprint density at radius 2 is 2.08 bits per heavy atom. The molecule has 1 fully saturated rings. The summed E-state index contributed by atoms with van der Waals surface area (Å²) in [6.45, 7) is 4.19. The van der Waals surface area contributed by atoms with Gasteiger partial charge in [0.05, 0.1) is 10.9 Å². The molecule has 0 N–H and O–H groups in total. The molecule has 0 unspecified atom stereocenters. The highest BCUT2D eigenvalue weighted by molar-refractivity contribution is 7.13. The van der Waals surface area contributed by atoms with Gasteiger partial charge in [0.1, 0.15) is 0 Å². The minimum absolute atomic E-state index is 0.222. The maximum Gasteiger partial charge on any atom is 0.257 e. The fraction of sp³-hybridized carbons (Fsp3) is 0.368. The van der Waals surface area contributed by atoms with Crippen LogP contribution in [0.15, 0.2) is 46.2 Å². The number of hydrogen-bond donors (Lipinski definition) is 0. The number of benzene rings is 1. The molecule has 1 aliphatic rings. The summed E-state index contributed by atoms with van der Waals surface area (Å²) < 4.78 is 6.01. The Morgan fingerprint density at radius 3 is 2.92 bits per heavy atom. The van der Waals surface area contributed by atoms with E-state index in [9.17, 15) is 0 Å². The molecular formula is C19H21N3OS. The third-order valence-electron chi connectivity index (χ3n) is 4.71. The first-order valence-corrected chi connectivity index (χ1v) is 9.35. The van der Waals surface area contributed by atoms with Crippen LogP contribution in [0.4, 0.5) is 0 Å². The van der Waals surface area contributed by atoms with Crippen molar-refractivity contribution < 1.29 is 4.42 Å². The first kappa shape index (κ1) is 15.5. The third-order valence-corrected chi connectivity index (χ3v) is 5.56. The van der Waals surface area contributed by atoms with E-state index in [1.807, 2.05) is 17.5 Å². The maximum atomic E-state index is 6.01. The van der Waals surface area contributed by atoms with E-state index >= 15 is 0 Å². The molecular weight excluding hydrogens is 318 g/mol. The first-order valence-electron chi connectivity index (χ1n) is 8.47. The van der Waals surface area contributed by atoms with Crippen molar-refractivity contribution in [2.24, 2.45) is 0 Å². The number of hydrogen-bond acceptors (Lipinski definition) is 5. The van der Waals surface area contributed by atoms with Crippen LogP contribution < -0.4 is 0 Å². The average Bonchev–Trinajstić information content (AvgIpc) is 3.28. The number of likely N-dealkylation sites (tertiary alicyclic amines) is 1. The van der Waals surface area contributed by atoms with E-state index in [0.29, 0.717) is 5.89 Å². The second kappa shape index (κ2) is 6.87. The number of aromatic nitrogens is 2. The van der Waals surface area contributed by atoms with E-state index in [1.165, 1.54) is 24.0 Å². The van der Waals surface area contributed by atoms with E-state index in [1.54, 1.807) is 11.3 Å². The number of piperidine rings is 1. The second-order valence-corrected chi connectivity index (χ2v) is 7.28. The van der Waals surface area contributed by atoms with Crippen molar-refractivity contribution in [2.75, 3.05) is 6.54 Å². The van der Waals surface area contributed by atoms with E-state index in [-0.39, 0.29) is 6.04 Å². The molecule has 1 aliphatic heterocycles. The molecule has 0 amide bonds. The predicted molar refractivity (Wildman–Crippen MR) is 95.8 cm³/mol. The Labute approximate surface area is 146 Å². The fourth-order valence-corrected chi connectivity index (χ4v) is 3.98. The fourth-order valence-electron chi connectivity index (χ4n) is 3.34. The van der Waals surface area contributed by atoms with Crippen molar-refractivity contribution in [3.63, 3.8) is 0 Å². The van der Waals surface area contributed by atoms with Crippen molar-refractivity contribution >= 4 is 11.3 Å². The van der Waals surface area contributed by atoms with Gasteiger partial charge in [-0.05, 0) is 48.9 Å².